The lowest BCUT2D eigenvalue weighted by Crippen LogP contribution is -2.74. The van der Waals surface area contributed by atoms with Crippen molar-refractivity contribution in [3.05, 3.63) is 67.3 Å². The summed E-state index contributed by atoms with van der Waals surface area (Å²) in [5, 5.41) is 12.5. The van der Waals surface area contributed by atoms with Crippen molar-refractivity contribution in [2.75, 3.05) is 27.9 Å². The zero-order valence-electron chi connectivity index (χ0n) is 25.0. The number of methoxy groups -OCH3 is 2. The molecule has 2 aliphatic carbocycles. The molecule has 0 amide bonds. The predicted octanol–water partition coefficient (Wildman–Crippen LogP) is 1.99. The Balaban J connectivity index is 1.48. The van der Waals surface area contributed by atoms with Crippen LogP contribution >= 0.6 is 11.3 Å². The van der Waals surface area contributed by atoms with E-state index in [9.17, 15) is 29.2 Å². The third kappa shape index (κ3) is 4.25. The van der Waals surface area contributed by atoms with Gasteiger partial charge in [-0.05, 0) is 45.2 Å². The second-order valence-corrected chi connectivity index (χ2v) is 12.6. The fraction of sp³-hybridized carbons (Fsp3) is 0.438. The van der Waals surface area contributed by atoms with Crippen LogP contribution in [0.1, 0.15) is 31.6 Å². The molecule has 0 spiro atoms. The molecule has 4 heterocycles. The lowest BCUT2D eigenvalue weighted by Gasteiger charge is -2.60. The third-order valence-electron chi connectivity index (χ3n) is 9.51. The summed E-state index contributed by atoms with van der Waals surface area (Å²) < 4.78 is 16.5. The van der Waals surface area contributed by atoms with Gasteiger partial charge in [0.1, 0.15) is 12.6 Å². The number of nitrogens with zero attached hydrogens (tertiary/aromatic N) is 3. The topological polar surface area (TPSA) is 143 Å². The number of carbonyl (C=O) groups is 5. The number of fused-ring (bicyclic) bond motifs is 5. The van der Waals surface area contributed by atoms with Gasteiger partial charge in [-0.1, -0.05) is 6.07 Å². The minimum Gasteiger partial charge on any atom is -0.492 e. The summed E-state index contributed by atoms with van der Waals surface area (Å²) in [7, 11) is 4.47. The predicted molar refractivity (Wildman–Crippen MR) is 156 cm³/mol. The lowest BCUT2D eigenvalue weighted by atomic mass is 9.67. The number of hydrogen-bond acceptors (Lipinski definition) is 12. The molecule has 0 aromatic carbocycles. The Kier molecular flexibility index (Phi) is 7.52. The van der Waals surface area contributed by atoms with Crippen LogP contribution in [-0.2, 0) is 44.6 Å². The maximum absolute atomic E-state index is 13.9. The molecule has 5 aliphatic rings. The second kappa shape index (κ2) is 11.1. The van der Waals surface area contributed by atoms with E-state index in [1.165, 1.54) is 32.5 Å². The first kappa shape index (κ1) is 29.9. The van der Waals surface area contributed by atoms with Gasteiger partial charge in [-0.3, -0.25) is 33.8 Å². The summed E-state index contributed by atoms with van der Waals surface area (Å²) in [6, 6.07) is 2.31. The number of carbonyl (C=O) groups excluding carboxylic acids is 5. The highest BCUT2D eigenvalue weighted by molar-refractivity contribution is 7.10. The Bertz CT molecular complexity index is 1690. The molecule has 0 saturated carbocycles. The molecule has 0 unspecified atom stereocenters. The first-order chi connectivity index (χ1) is 21.0. The van der Waals surface area contributed by atoms with Gasteiger partial charge in [-0.25, -0.2) is 0 Å². The van der Waals surface area contributed by atoms with E-state index in [1.54, 1.807) is 14.0 Å². The number of Topliss-reactive ketones (excluding diaryl/α,β-unsaturated/α-hetero) is 4. The second-order valence-electron chi connectivity index (χ2n) is 11.5. The zero-order valence-corrected chi connectivity index (χ0v) is 25.8. The van der Waals surface area contributed by atoms with Crippen molar-refractivity contribution in [2.24, 2.45) is 0 Å². The van der Waals surface area contributed by atoms with Crippen molar-refractivity contribution < 1.29 is 38.2 Å². The summed E-state index contributed by atoms with van der Waals surface area (Å²) in [6.45, 7) is 2.78. The minimum atomic E-state index is -0.968. The summed E-state index contributed by atoms with van der Waals surface area (Å²) in [5.74, 6) is -2.23. The molecule has 1 saturated heterocycles. The lowest BCUT2D eigenvalue weighted by molar-refractivity contribution is -0.147. The van der Waals surface area contributed by atoms with Crippen LogP contribution in [0.15, 0.2) is 62.5 Å². The van der Waals surface area contributed by atoms with Crippen LogP contribution in [0.5, 0.6) is 0 Å². The molecule has 12 heteroatoms. The van der Waals surface area contributed by atoms with E-state index in [2.05, 4.69) is 6.07 Å². The average molecular weight is 618 g/mol. The molecule has 228 valence electrons. The average Bonchev–Trinajstić information content (AvgIpc) is 3.51. The fourth-order valence-electron chi connectivity index (χ4n) is 7.55. The molecule has 11 nitrogen and oxygen atoms in total. The van der Waals surface area contributed by atoms with Gasteiger partial charge < -0.3 is 14.2 Å². The summed E-state index contributed by atoms with van der Waals surface area (Å²) >= 11 is 1.41. The Morgan fingerprint density at radius 3 is 2.11 bits per heavy atom. The van der Waals surface area contributed by atoms with Gasteiger partial charge in [-0.15, -0.1) is 11.3 Å². The van der Waals surface area contributed by atoms with Gasteiger partial charge in [0.05, 0.1) is 38.8 Å². The van der Waals surface area contributed by atoms with Crippen molar-refractivity contribution >= 4 is 40.4 Å². The summed E-state index contributed by atoms with van der Waals surface area (Å²) in [6.07, 6.45) is 0.203. The van der Waals surface area contributed by atoms with E-state index in [4.69, 9.17) is 14.2 Å². The SMILES string of the molecule is COC1=C(C)C(=O)C2=C(C1=O)[C@@H]1[C@@H]3CC4=C(C(=O)C(OC)=C(C)C4=O)[C@H](COC(=O)Cc4cccs4)N3[C@@H](C#N)[C@H](C2)N1C. The first-order valence-electron chi connectivity index (χ1n) is 14.3. The molecule has 1 aromatic rings. The number of hydrogen-bond donors (Lipinski definition) is 0. The van der Waals surface area contributed by atoms with E-state index in [-0.39, 0.29) is 76.8 Å². The maximum Gasteiger partial charge on any atom is 0.311 e. The van der Waals surface area contributed by atoms with E-state index in [0.717, 1.165) is 4.88 Å². The van der Waals surface area contributed by atoms with Crippen molar-refractivity contribution in [2.45, 2.75) is 63.3 Å². The van der Waals surface area contributed by atoms with Crippen LogP contribution in [0.3, 0.4) is 0 Å². The number of nitriles is 1. The molecule has 44 heavy (non-hydrogen) atoms. The number of esters is 1. The van der Waals surface area contributed by atoms with Crippen LogP contribution in [0, 0.1) is 11.3 Å². The van der Waals surface area contributed by atoms with E-state index in [1.807, 2.05) is 27.3 Å². The Morgan fingerprint density at radius 1 is 0.955 bits per heavy atom. The number of allylic oxidation sites excluding steroid dienone is 4. The monoisotopic (exact) mass is 617 g/mol. The fourth-order valence-corrected chi connectivity index (χ4v) is 8.25. The Morgan fingerprint density at radius 2 is 1.55 bits per heavy atom. The number of piperazine rings is 1. The van der Waals surface area contributed by atoms with E-state index in [0.29, 0.717) is 5.57 Å². The van der Waals surface area contributed by atoms with Crippen LogP contribution in [0.4, 0.5) is 0 Å². The number of ketones is 4. The van der Waals surface area contributed by atoms with Crippen LogP contribution in [0.2, 0.25) is 0 Å². The standard InChI is InChI=1S/C32H31N3O8S/c1-14-27(37)17-11-20-26-25-18(28(38)15(2)32(42-5)30(25)40)10-19(34(26)3)21(12-33)35(20)22(24(17)29(39)31(14)41-4)13-43-23(36)9-16-7-6-8-44-16/h6-8,19-22,26H,9-11,13H2,1-5H3/t19-,20-,21-,22-,26-/m0/s1. The largest absolute Gasteiger partial charge is 0.492 e. The van der Waals surface area contributed by atoms with Crippen molar-refractivity contribution in [3.63, 3.8) is 0 Å². The molecule has 6 rings (SSSR count). The van der Waals surface area contributed by atoms with Gasteiger partial charge in [0, 0.05) is 50.4 Å². The highest BCUT2D eigenvalue weighted by Gasteiger charge is 2.60. The van der Waals surface area contributed by atoms with Crippen LogP contribution < -0.4 is 0 Å². The molecule has 2 bridgehead atoms. The highest BCUT2D eigenvalue weighted by Crippen LogP contribution is 2.49. The first-order valence-corrected chi connectivity index (χ1v) is 15.1. The molecule has 0 N–H and O–H groups in total. The zero-order chi connectivity index (χ0) is 31.6. The van der Waals surface area contributed by atoms with Gasteiger partial charge in [0.15, 0.2) is 23.1 Å². The molecular formula is C32H31N3O8S. The van der Waals surface area contributed by atoms with Gasteiger partial charge in [-0.2, -0.15) is 5.26 Å². The Labute approximate surface area is 258 Å². The maximum atomic E-state index is 13.9. The number of thiophene rings is 1. The molecule has 1 aromatic heterocycles. The molecular weight excluding hydrogens is 586 g/mol. The molecule has 5 atom stereocenters. The minimum absolute atomic E-state index is 0.0307. The smallest absolute Gasteiger partial charge is 0.311 e. The van der Waals surface area contributed by atoms with Crippen LogP contribution in [0.25, 0.3) is 0 Å². The van der Waals surface area contributed by atoms with Gasteiger partial charge in [0.25, 0.3) is 0 Å². The summed E-state index contributed by atoms with van der Waals surface area (Å²) in [4.78, 5) is 72.6. The molecule has 1 fully saturated rings. The third-order valence-corrected chi connectivity index (χ3v) is 10.4. The van der Waals surface area contributed by atoms with Gasteiger partial charge in [0.2, 0.25) is 11.6 Å². The van der Waals surface area contributed by atoms with E-state index < -0.39 is 47.7 Å². The number of ether oxygens (including phenoxy) is 3. The van der Waals surface area contributed by atoms with Gasteiger partial charge >= 0.3 is 5.97 Å². The van der Waals surface area contributed by atoms with Crippen molar-refractivity contribution in [1.29, 1.82) is 5.26 Å². The van der Waals surface area contributed by atoms with E-state index >= 15 is 0 Å². The van der Waals surface area contributed by atoms with Crippen LogP contribution in [-0.4, -0.2) is 97.0 Å². The summed E-state index contributed by atoms with van der Waals surface area (Å²) in [5.41, 5.74) is 1.37. The quantitative estimate of drug-likeness (QED) is 0.342. The Hall–Kier alpha value is -4.18. The highest BCUT2D eigenvalue weighted by atomic mass is 32.1. The van der Waals surface area contributed by atoms with Crippen molar-refractivity contribution in [1.82, 2.24) is 9.80 Å². The molecule has 3 aliphatic heterocycles. The number of likely N-dealkylation sites (N-methyl/N-ethyl adjacent to an activating group) is 1. The normalized spacial score (nSPS) is 29.0. The number of rotatable bonds is 6. The van der Waals surface area contributed by atoms with Crippen molar-refractivity contribution in [3.8, 4) is 6.07 Å². The molecule has 0 radical (unpaired) electrons.